The molecule has 4 heteroatoms. The first-order chi connectivity index (χ1) is 6.24. The van der Waals surface area contributed by atoms with Gasteiger partial charge in [0.25, 0.3) is 0 Å². The Morgan fingerprint density at radius 1 is 1.54 bits per heavy atom. The van der Waals surface area contributed by atoms with Crippen LogP contribution in [0.2, 0.25) is 0 Å². The normalized spacial score (nSPS) is 9.23. The van der Waals surface area contributed by atoms with E-state index in [1.807, 2.05) is 18.2 Å². The van der Waals surface area contributed by atoms with E-state index in [0.29, 0.717) is 18.7 Å². The average molecular weight is 240 g/mol. The number of anilines is 2. The fraction of sp³-hybridized carbons (Fsp3) is 0.222. The van der Waals surface area contributed by atoms with Crippen LogP contribution in [0.3, 0.4) is 0 Å². The predicted octanol–water partition coefficient (Wildman–Crippen LogP) is 2.36. The van der Waals surface area contributed by atoms with Crippen LogP contribution in [-0.4, -0.2) is 6.54 Å². The second-order valence-electron chi connectivity index (χ2n) is 2.57. The highest BCUT2D eigenvalue weighted by atomic mass is 79.9. The number of nitrogens with two attached hydrogens (primary N) is 1. The molecule has 68 valence electrons. The minimum atomic E-state index is 0.478. The van der Waals surface area contributed by atoms with E-state index in [1.165, 1.54) is 0 Å². The van der Waals surface area contributed by atoms with Gasteiger partial charge < -0.3 is 11.1 Å². The Morgan fingerprint density at radius 3 is 3.00 bits per heavy atom. The van der Waals surface area contributed by atoms with Gasteiger partial charge in [0.1, 0.15) is 0 Å². The Hall–Kier alpha value is -1.21. The Balaban J connectivity index is 2.65. The summed E-state index contributed by atoms with van der Waals surface area (Å²) >= 11 is 3.34. The Kier molecular flexibility index (Phi) is 3.59. The van der Waals surface area contributed by atoms with Gasteiger partial charge in [-0.1, -0.05) is 15.9 Å². The highest BCUT2D eigenvalue weighted by Gasteiger charge is 1.97. The predicted molar refractivity (Wildman–Crippen MR) is 57.3 cm³/mol. The maximum absolute atomic E-state index is 8.34. The summed E-state index contributed by atoms with van der Waals surface area (Å²) in [6.07, 6.45) is 0.478. The summed E-state index contributed by atoms with van der Waals surface area (Å²) < 4.78 is 0.973. The number of halogens is 1. The first-order valence-electron chi connectivity index (χ1n) is 3.90. The summed E-state index contributed by atoms with van der Waals surface area (Å²) in [5.74, 6) is 0. The summed E-state index contributed by atoms with van der Waals surface area (Å²) in [6.45, 7) is 0.622. The highest BCUT2D eigenvalue weighted by Crippen LogP contribution is 2.22. The van der Waals surface area contributed by atoms with E-state index >= 15 is 0 Å². The van der Waals surface area contributed by atoms with Crippen LogP contribution >= 0.6 is 15.9 Å². The molecule has 0 aromatic heterocycles. The van der Waals surface area contributed by atoms with Crippen molar-refractivity contribution in [3.63, 3.8) is 0 Å². The smallest absolute Gasteiger partial charge is 0.0640 e. The molecule has 0 aliphatic rings. The van der Waals surface area contributed by atoms with E-state index in [9.17, 15) is 0 Å². The molecule has 0 spiro atoms. The van der Waals surface area contributed by atoms with Crippen LogP contribution < -0.4 is 11.1 Å². The summed E-state index contributed by atoms with van der Waals surface area (Å²) in [4.78, 5) is 0. The molecular formula is C9H10BrN3. The third kappa shape index (κ3) is 2.96. The minimum absolute atomic E-state index is 0.478. The maximum atomic E-state index is 8.34. The zero-order valence-corrected chi connectivity index (χ0v) is 8.63. The van der Waals surface area contributed by atoms with Crippen LogP contribution in [0.5, 0.6) is 0 Å². The molecule has 1 aromatic rings. The molecule has 0 aliphatic carbocycles. The Bertz CT molecular complexity index is 330. The molecule has 3 nitrogen and oxygen atoms in total. The fourth-order valence-electron chi connectivity index (χ4n) is 0.935. The van der Waals surface area contributed by atoms with E-state index < -0.39 is 0 Å². The molecule has 1 aromatic carbocycles. The molecule has 0 bridgehead atoms. The number of nitrogens with zero attached hydrogens (tertiary/aromatic N) is 1. The second-order valence-corrected chi connectivity index (χ2v) is 3.48. The minimum Gasteiger partial charge on any atom is -0.397 e. The van der Waals surface area contributed by atoms with Gasteiger partial charge in [0, 0.05) is 11.0 Å². The zero-order chi connectivity index (χ0) is 9.68. The standard InChI is InChI=1S/C9H10BrN3/c10-7-2-3-8(12)9(6-7)13-5-1-4-11/h2-3,6,13H,1,5,12H2. The molecular weight excluding hydrogens is 230 g/mol. The van der Waals surface area contributed by atoms with Gasteiger partial charge in [-0.3, -0.25) is 0 Å². The first kappa shape index (κ1) is 9.87. The third-order valence-electron chi connectivity index (χ3n) is 1.57. The topological polar surface area (TPSA) is 61.8 Å². The van der Waals surface area contributed by atoms with Crippen LogP contribution in [-0.2, 0) is 0 Å². The lowest BCUT2D eigenvalue weighted by molar-refractivity contribution is 1.08. The lowest BCUT2D eigenvalue weighted by Crippen LogP contribution is -2.03. The lowest BCUT2D eigenvalue weighted by atomic mass is 10.2. The molecule has 0 heterocycles. The van der Waals surface area contributed by atoms with Crippen LogP contribution in [0.25, 0.3) is 0 Å². The summed E-state index contributed by atoms with van der Waals surface area (Å²) in [5.41, 5.74) is 7.27. The van der Waals surface area contributed by atoms with Gasteiger partial charge in [-0.2, -0.15) is 5.26 Å². The molecule has 0 radical (unpaired) electrons. The van der Waals surface area contributed by atoms with Gasteiger partial charge >= 0.3 is 0 Å². The quantitative estimate of drug-likeness (QED) is 0.629. The molecule has 0 aliphatic heterocycles. The lowest BCUT2D eigenvalue weighted by Gasteiger charge is -2.07. The third-order valence-corrected chi connectivity index (χ3v) is 2.06. The fourth-order valence-corrected chi connectivity index (χ4v) is 1.30. The van der Waals surface area contributed by atoms with Gasteiger partial charge in [-0.05, 0) is 18.2 Å². The number of benzene rings is 1. The van der Waals surface area contributed by atoms with E-state index in [1.54, 1.807) is 0 Å². The van der Waals surface area contributed by atoms with E-state index in [-0.39, 0.29) is 0 Å². The molecule has 1 rings (SSSR count). The molecule has 13 heavy (non-hydrogen) atoms. The van der Waals surface area contributed by atoms with Crippen molar-refractivity contribution >= 4 is 27.3 Å². The number of rotatable bonds is 3. The number of nitrogens with one attached hydrogen (secondary N) is 1. The number of hydrogen-bond acceptors (Lipinski definition) is 3. The van der Waals surface area contributed by atoms with Crippen molar-refractivity contribution in [2.75, 3.05) is 17.6 Å². The molecule has 0 atom stereocenters. The van der Waals surface area contributed by atoms with Crippen LogP contribution in [0.1, 0.15) is 6.42 Å². The van der Waals surface area contributed by atoms with Gasteiger partial charge in [-0.25, -0.2) is 0 Å². The SMILES string of the molecule is N#CCCNc1cc(Br)ccc1N. The molecule has 0 unspecified atom stereocenters. The molecule has 0 amide bonds. The van der Waals surface area contributed by atoms with Crippen LogP contribution in [0.15, 0.2) is 22.7 Å². The molecule has 0 fully saturated rings. The number of hydrogen-bond donors (Lipinski definition) is 2. The highest BCUT2D eigenvalue weighted by molar-refractivity contribution is 9.10. The van der Waals surface area contributed by atoms with Crippen LogP contribution in [0, 0.1) is 11.3 Å². The van der Waals surface area contributed by atoms with E-state index in [0.717, 1.165) is 10.2 Å². The number of nitriles is 1. The van der Waals surface area contributed by atoms with Gasteiger partial charge in [0.2, 0.25) is 0 Å². The monoisotopic (exact) mass is 239 g/mol. The molecule has 0 saturated carbocycles. The van der Waals surface area contributed by atoms with Crippen molar-refractivity contribution in [3.05, 3.63) is 22.7 Å². The van der Waals surface area contributed by atoms with Crippen LogP contribution in [0.4, 0.5) is 11.4 Å². The van der Waals surface area contributed by atoms with Gasteiger partial charge in [0.05, 0.1) is 23.9 Å². The van der Waals surface area contributed by atoms with Crippen molar-refractivity contribution in [3.8, 4) is 6.07 Å². The van der Waals surface area contributed by atoms with Crippen molar-refractivity contribution in [1.29, 1.82) is 5.26 Å². The van der Waals surface area contributed by atoms with Gasteiger partial charge in [0.15, 0.2) is 0 Å². The maximum Gasteiger partial charge on any atom is 0.0640 e. The average Bonchev–Trinajstić information content (AvgIpc) is 2.11. The molecule has 0 saturated heterocycles. The number of nitrogen functional groups attached to an aromatic ring is 1. The summed E-state index contributed by atoms with van der Waals surface area (Å²) in [7, 11) is 0. The van der Waals surface area contributed by atoms with Gasteiger partial charge in [-0.15, -0.1) is 0 Å². The summed E-state index contributed by atoms with van der Waals surface area (Å²) in [5, 5.41) is 11.4. The summed E-state index contributed by atoms with van der Waals surface area (Å²) in [6, 6.07) is 7.65. The van der Waals surface area contributed by atoms with Crippen molar-refractivity contribution < 1.29 is 0 Å². The largest absolute Gasteiger partial charge is 0.397 e. The van der Waals surface area contributed by atoms with Crippen molar-refractivity contribution in [1.82, 2.24) is 0 Å². The first-order valence-corrected chi connectivity index (χ1v) is 4.69. The van der Waals surface area contributed by atoms with Crippen molar-refractivity contribution in [2.45, 2.75) is 6.42 Å². The second kappa shape index (κ2) is 4.73. The molecule has 3 N–H and O–H groups in total. The van der Waals surface area contributed by atoms with E-state index in [2.05, 4.69) is 27.3 Å². The van der Waals surface area contributed by atoms with E-state index in [4.69, 9.17) is 11.0 Å². The Morgan fingerprint density at radius 2 is 2.31 bits per heavy atom. The zero-order valence-electron chi connectivity index (χ0n) is 7.05. The Labute approximate surface area is 85.7 Å². The van der Waals surface area contributed by atoms with Crippen molar-refractivity contribution in [2.24, 2.45) is 0 Å².